The number of thiocarbonyl (C=S) groups is 1. The van der Waals surface area contributed by atoms with E-state index in [1.807, 2.05) is 20.8 Å². The van der Waals surface area contributed by atoms with Gasteiger partial charge in [0.2, 0.25) is 0 Å². The SMILES string of the molecule is CC(C)(C)OC(=O)N1CC(COC(N)=S)C1. The maximum atomic E-state index is 11.5. The predicted octanol–water partition coefficient (Wildman–Crippen LogP) is 1.11. The zero-order chi connectivity index (χ0) is 12.3. The standard InChI is InChI=1S/C10H18N2O3S/c1-10(2,3)15-9(13)12-4-7(5-12)6-14-8(11)16/h7H,4-6H2,1-3H3,(H2,11,16). The van der Waals surface area contributed by atoms with Gasteiger partial charge >= 0.3 is 6.09 Å². The van der Waals surface area contributed by atoms with Gasteiger partial charge in [-0.25, -0.2) is 4.79 Å². The molecule has 0 aromatic carbocycles. The largest absolute Gasteiger partial charge is 0.471 e. The van der Waals surface area contributed by atoms with Gasteiger partial charge in [-0.2, -0.15) is 0 Å². The lowest BCUT2D eigenvalue weighted by Crippen LogP contribution is -2.53. The van der Waals surface area contributed by atoms with Crippen LogP contribution in [0.2, 0.25) is 0 Å². The third kappa shape index (κ3) is 4.22. The van der Waals surface area contributed by atoms with Crippen molar-refractivity contribution in [1.82, 2.24) is 4.90 Å². The van der Waals surface area contributed by atoms with Gasteiger partial charge in [-0.05, 0) is 33.0 Å². The van der Waals surface area contributed by atoms with Crippen LogP contribution in [0.25, 0.3) is 0 Å². The fourth-order valence-electron chi connectivity index (χ4n) is 1.35. The molecule has 5 nitrogen and oxygen atoms in total. The molecule has 1 saturated heterocycles. The van der Waals surface area contributed by atoms with Gasteiger partial charge in [0.1, 0.15) is 5.60 Å². The maximum absolute atomic E-state index is 11.5. The highest BCUT2D eigenvalue weighted by Gasteiger charge is 2.33. The molecule has 92 valence electrons. The summed E-state index contributed by atoms with van der Waals surface area (Å²) < 4.78 is 10.2. The Kier molecular flexibility index (Phi) is 3.96. The lowest BCUT2D eigenvalue weighted by Gasteiger charge is -2.39. The Bertz CT molecular complexity index is 282. The fraction of sp³-hybridized carbons (Fsp3) is 0.800. The summed E-state index contributed by atoms with van der Waals surface area (Å²) in [6, 6.07) is 0. The van der Waals surface area contributed by atoms with Crippen LogP contribution in [0.5, 0.6) is 0 Å². The number of likely N-dealkylation sites (tertiary alicyclic amines) is 1. The van der Waals surface area contributed by atoms with Crippen molar-refractivity contribution >= 4 is 23.5 Å². The summed E-state index contributed by atoms with van der Waals surface area (Å²) in [4.78, 5) is 13.2. The molecule has 0 bridgehead atoms. The Morgan fingerprint density at radius 2 is 2.06 bits per heavy atom. The third-order valence-corrected chi connectivity index (χ3v) is 2.19. The first-order chi connectivity index (χ1) is 7.28. The number of carbonyl (C=O) groups is 1. The monoisotopic (exact) mass is 246 g/mol. The highest BCUT2D eigenvalue weighted by molar-refractivity contribution is 7.80. The fourth-order valence-corrected chi connectivity index (χ4v) is 1.42. The Balaban J connectivity index is 2.20. The quantitative estimate of drug-likeness (QED) is 0.739. The normalized spacial score (nSPS) is 16.6. The number of carbonyl (C=O) groups excluding carboxylic acids is 1. The Morgan fingerprint density at radius 3 is 2.50 bits per heavy atom. The number of rotatable bonds is 2. The van der Waals surface area contributed by atoms with Crippen LogP contribution >= 0.6 is 12.2 Å². The first-order valence-corrected chi connectivity index (χ1v) is 5.59. The average Bonchev–Trinajstić information content (AvgIpc) is 1.96. The minimum absolute atomic E-state index is 0.0516. The minimum atomic E-state index is -0.447. The van der Waals surface area contributed by atoms with E-state index >= 15 is 0 Å². The number of hydrogen-bond donors (Lipinski definition) is 1. The molecule has 6 heteroatoms. The molecule has 16 heavy (non-hydrogen) atoms. The van der Waals surface area contributed by atoms with E-state index in [0.29, 0.717) is 25.6 Å². The average molecular weight is 246 g/mol. The molecule has 0 saturated carbocycles. The minimum Gasteiger partial charge on any atom is -0.471 e. The van der Waals surface area contributed by atoms with Crippen molar-refractivity contribution in [2.24, 2.45) is 11.7 Å². The molecule has 1 rings (SSSR count). The van der Waals surface area contributed by atoms with E-state index in [9.17, 15) is 4.79 Å². The van der Waals surface area contributed by atoms with Crippen molar-refractivity contribution in [3.8, 4) is 0 Å². The molecule has 0 radical (unpaired) electrons. The predicted molar refractivity (Wildman–Crippen MR) is 64.0 cm³/mol. The first-order valence-electron chi connectivity index (χ1n) is 5.18. The summed E-state index contributed by atoms with van der Waals surface area (Å²) in [7, 11) is 0. The van der Waals surface area contributed by atoms with E-state index < -0.39 is 5.60 Å². The van der Waals surface area contributed by atoms with E-state index in [2.05, 4.69) is 12.2 Å². The summed E-state index contributed by atoms with van der Waals surface area (Å²) in [5.41, 5.74) is 4.75. The van der Waals surface area contributed by atoms with Crippen molar-refractivity contribution in [2.45, 2.75) is 26.4 Å². The zero-order valence-corrected chi connectivity index (χ0v) is 10.7. The van der Waals surface area contributed by atoms with E-state index in [1.165, 1.54) is 0 Å². The highest BCUT2D eigenvalue weighted by atomic mass is 32.1. The molecule has 1 aliphatic heterocycles. The molecule has 1 heterocycles. The van der Waals surface area contributed by atoms with Crippen molar-refractivity contribution in [2.75, 3.05) is 19.7 Å². The van der Waals surface area contributed by atoms with Gasteiger partial charge in [-0.15, -0.1) is 0 Å². The number of nitrogens with zero attached hydrogens (tertiary/aromatic N) is 1. The highest BCUT2D eigenvalue weighted by Crippen LogP contribution is 2.19. The van der Waals surface area contributed by atoms with Gasteiger partial charge in [0.05, 0.1) is 6.61 Å². The second-order valence-corrected chi connectivity index (χ2v) is 5.28. The van der Waals surface area contributed by atoms with Crippen LogP contribution < -0.4 is 5.73 Å². The van der Waals surface area contributed by atoms with Crippen molar-refractivity contribution in [3.63, 3.8) is 0 Å². The zero-order valence-electron chi connectivity index (χ0n) is 9.86. The van der Waals surface area contributed by atoms with Gasteiger partial charge in [0, 0.05) is 19.0 Å². The smallest absolute Gasteiger partial charge is 0.410 e. The molecule has 0 aromatic rings. The Labute approximate surface area is 101 Å². The van der Waals surface area contributed by atoms with E-state index in [-0.39, 0.29) is 11.3 Å². The summed E-state index contributed by atoms with van der Waals surface area (Å²) in [6.07, 6.45) is -0.279. The Morgan fingerprint density at radius 1 is 1.50 bits per heavy atom. The third-order valence-electron chi connectivity index (χ3n) is 2.07. The van der Waals surface area contributed by atoms with Crippen LogP contribution in [-0.2, 0) is 9.47 Å². The van der Waals surface area contributed by atoms with Crippen LogP contribution in [0.3, 0.4) is 0 Å². The van der Waals surface area contributed by atoms with Crippen LogP contribution in [0.1, 0.15) is 20.8 Å². The first kappa shape index (κ1) is 13.0. The number of amides is 1. The molecule has 1 amide bonds. The second kappa shape index (κ2) is 4.86. The van der Waals surface area contributed by atoms with Crippen molar-refractivity contribution in [3.05, 3.63) is 0 Å². The lowest BCUT2D eigenvalue weighted by atomic mass is 10.0. The number of nitrogens with two attached hydrogens (primary N) is 1. The summed E-state index contributed by atoms with van der Waals surface area (Å²) in [5.74, 6) is 0.300. The molecule has 0 spiro atoms. The van der Waals surface area contributed by atoms with Crippen molar-refractivity contribution < 1.29 is 14.3 Å². The molecule has 0 aromatic heterocycles. The molecule has 1 fully saturated rings. The van der Waals surface area contributed by atoms with E-state index in [1.54, 1.807) is 4.90 Å². The van der Waals surface area contributed by atoms with Gasteiger partial charge in [0.15, 0.2) is 0 Å². The van der Waals surface area contributed by atoms with Crippen molar-refractivity contribution in [1.29, 1.82) is 0 Å². The molecule has 1 aliphatic rings. The Hall–Kier alpha value is -1.04. The molecule has 0 aliphatic carbocycles. The maximum Gasteiger partial charge on any atom is 0.410 e. The van der Waals surface area contributed by atoms with Crippen LogP contribution in [0.15, 0.2) is 0 Å². The molecular formula is C10H18N2O3S. The van der Waals surface area contributed by atoms with Crippen LogP contribution in [0, 0.1) is 5.92 Å². The molecule has 0 unspecified atom stereocenters. The second-order valence-electron chi connectivity index (χ2n) is 4.88. The van der Waals surface area contributed by atoms with Crippen LogP contribution in [0.4, 0.5) is 4.79 Å². The summed E-state index contributed by atoms with van der Waals surface area (Å²) in [6.45, 7) is 7.28. The van der Waals surface area contributed by atoms with Gasteiger partial charge in [-0.3, -0.25) is 0 Å². The summed E-state index contributed by atoms with van der Waals surface area (Å²) >= 11 is 4.59. The van der Waals surface area contributed by atoms with Gasteiger partial charge in [-0.1, -0.05) is 0 Å². The topological polar surface area (TPSA) is 64.8 Å². The molecule has 0 atom stereocenters. The summed E-state index contributed by atoms with van der Waals surface area (Å²) in [5, 5.41) is 0.0516. The number of ether oxygens (including phenoxy) is 2. The lowest BCUT2D eigenvalue weighted by molar-refractivity contribution is -0.00852. The van der Waals surface area contributed by atoms with Gasteiger partial charge in [0.25, 0.3) is 5.17 Å². The van der Waals surface area contributed by atoms with E-state index in [4.69, 9.17) is 15.2 Å². The number of hydrogen-bond acceptors (Lipinski definition) is 4. The molecule has 2 N–H and O–H groups in total. The van der Waals surface area contributed by atoms with E-state index in [0.717, 1.165) is 0 Å². The molecular weight excluding hydrogens is 228 g/mol. The van der Waals surface area contributed by atoms with Crippen LogP contribution in [-0.4, -0.2) is 41.5 Å². The van der Waals surface area contributed by atoms with Gasteiger partial charge < -0.3 is 20.1 Å².